The van der Waals surface area contributed by atoms with Crippen molar-refractivity contribution in [2.45, 2.75) is 32.2 Å². The summed E-state index contributed by atoms with van der Waals surface area (Å²) < 4.78 is 1.20. The Morgan fingerprint density at radius 3 is 2.87 bits per heavy atom. The highest BCUT2D eigenvalue weighted by molar-refractivity contribution is 7.18. The summed E-state index contributed by atoms with van der Waals surface area (Å²) in [5.74, 6) is 0.854. The number of hydrogen-bond donors (Lipinski definition) is 0. The first kappa shape index (κ1) is 18.9. The molecular weight excluding hydrogens is 396 g/mol. The summed E-state index contributed by atoms with van der Waals surface area (Å²) in [5, 5.41) is 13.8. The summed E-state index contributed by atoms with van der Waals surface area (Å²) >= 11 is 1.73. The first-order chi connectivity index (χ1) is 14.7. The zero-order valence-corrected chi connectivity index (χ0v) is 17.5. The topological polar surface area (TPSA) is 76.8 Å². The Labute approximate surface area is 178 Å². The predicted octanol–water partition coefficient (Wildman–Crippen LogP) is 3.66. The van der Waals surface area contributed by atoms with Crippen molar-refractivity contribution in [1.29, 1.82) is 0 Å². The molecular formula is C22H22N6OS. The van der Waals surface area contributed by atoms with Crippen LogP contribution in [-0.4, -0.2) is 49.1 Å². The van der Waals surface area contributed by atoms with Crippen LogP contribution in [0.25, 0.3) is 21.6 Å². The van der Waals surface area contributed by atoms with Gasteiger partial charge in [-0.05, 0) is 42.7 Å². The number of amides is 1. The SMILES string of the molecule is Cc1ccccc1-c1nnn(CC(=O)N2CCC[C@@H](c3nc4ccccc4s3)C2)n1. The van der Waals surface area contributed by atoms with Crippen molar-refractivity contribution in [3.05, 3.63) is 59.1 Å². The van der Waals surface area contributed by atoms with Crippen molar-refractivity contribution in [1.82, 2.24) is 30.1 Å². The van der Waals surface area contributed by atoms with Gasteiger partial charge in [-0.25, -0.2) is 4.98 Å². The van der Waals surface area contributed by atoms with Gasteiger partial charge in [-0.15, -0.1) is 21.5 Å². The molecule has 1 atom stereocenters. The second-order valence-electron chi connectivity index (χ2n) is 7.66. The number of para-hydroxylation sites is 1. The number of likely N-dealkylation sites (tertiary alicyclic amines) is 1. The van der Waals surface area contributed by atoms with Crippen LogP contribution in [0.5, 0.6) is 0 Å². The number of hydrogen-bond acceptors (Lipinski definition) is 6. The molecule has 3 heterocycles. The van der Waals surface area contributed by atoms with Crippen LogP contribution in [0.4, 0.5) is 0 Å². The fourth-order valence-corrected chi connectivity index (χ4v) is 5.03. The molecule has 4 aromatic rings. The lowest BCUT2D eigenvalue weighted by molar-refractivity contribution is -0.133. The molecule has 7 nitrogen and oxygen atoms in total. The van der Waals surface area contributed by atoms with Crippen molar-refractivity contribution in [2.75, 3.05) is 13.1 Å². The van der Waals surface area contributed by atoms with Gasteiger partial charge < -0.3 is 4.90 Å². The Morgan fingerprint density at radius 1 is 1.17 bits per heavy atom. The van der Waals surface area contributed by atoms with Gasteiger partial charge in [0.1, 0.15) is 6.54 Å². The molecule has 0 radical (unpaired) electrons. The van der Waals surface area contributed by atoms with Crippen LogP contribution in [-0.2, 0) is 11.3 Å². The van der Waals surface area contributed by atoms with Gasteiger partial charge in [0.05, 0.1) is 15.2 Å². The van der Waals surface area contributed by atoms with Gasteiger partial charge in [0.15, 0.2) is 0 Å². The van der Waals surface area contributed by atoms with E-state index in [4.69, 9.17) is 4.98 Å². The summed E-state index contributed by atoms with van der Waals surface area (Å²) in [6.07, 6.45) is 2.04. The number of benzene rings is 2. The van der Waals surface area contributed by atoms with Crippen LogP contribution in [0, 0.1) is 6.92 Å². The Morgan fingerprint density at radius 2 is 2.00 bits per heavy atom. The summed E-state index contributed by atoms with van der Waals surface area (Å²) in [5.41, 5.74) is 3.06. The quantitative estimate of drug-likeness (QED) is 0.505. The number of carbonyl (C=O) groups excluding carboxylic acids is 1. The minimum atomic E-state index is 0.0227. The van der Waals surface area contributed by atoms with E-state index in [-0.39, 0.29) is 18.4 Å². The minimum absolute atomic E-state index is 0.0227. The Kier molecular flexibility index (Phi) is 5.00. The summed E-state index contributed by atoms with van der Waals surface area (Å²) in [6.45, 7) is 3.57. The maximum absolute atomic E-state index is 12.9. The maximum Gasteiger partial charge on any atom is 0.246 e. The molecule has 1 amide bonds. The van der Waals surface area contributed by atoms with Gasteiger partial charge in [-0.3, -0.25) is 4.79 Å². The molecule has 2 aromatic carbocycles. The average Bonchev–Trinajstić information content (AvgIpc) is 3.41. The van der Waals surface area contributed by atoms with Gasteiger partial charge in [0, 0.05) is 24.6 Å². The van der Waals surface area contributed by atoms with Crippen molar-refractivity contribution in [3.8, 4) is 11.4 Å². The Hall–Kier alpha value is -3.13. The standard InChI is InChI=1S/C22H22N6OS/c1-15-7-2-3-9-17(15)21-24-26-28(25-21)14-20(29)27-12-6-8-16(13-27)22-23-18-10-4-5-11-19(18)30-22/h2-5,7,9-11,16H,6,8,12-14H2,1H3/t16-/m1/s1. The number of aromatic nitrogens is 5. The number of tetrazole rings is 1. The van der Waals surface area contributed by atoms with E-state index >= 15 is 0 Å². The number of rotatable bonds is 4. The van der Waals surface area contributed by atoms with Crippen LogP contribution in [0.2, 0.25) is 0 Å². The molecule has 0 spiro atoms. The lowest BCUT2D eigenvalue weighted by atomic mass is 9.98. The maximum atomic E-state index is 12.9. The van der Waals surface area contributed by atoms with E-state index in [9.17, 15) is 4.79 Å². The number of aryl methyl sites for hydroxylation is 1. The number of nitrogens with zero attached hydrogens (tertiary/aromatic N) is 6. The highest BCUT2D eigenvalue weighted by atomic mass is 32.1. The van der Waals surface area contributed by atoms with Crippen molar-refractivity contribution in [2.24, 2.45) is 0 Å². The van der Waals surface area contributed by atoms with E-state index in [0.29, 0.717) is 12.4 Å². The second kappa shape index (κ2) is 7.95. The molecule has 1 aliphatic heterocycles. The van der Waals surface area contributed by atoms with Gasteiger partial charge in [0.2, 0.25) is 11.7 Å². The number of piperidine rings is 1. The Bertz CT molecular complexity index is 1170. The van der Waals surface area contributed by atoms with E-state index in [0.717, 1.165) is 41.0 Å². The molecule has 5 rings (SSSR count). The molecule has 8 heteroatoms. The van der Waals surface area contributed by atoms with E-state index in [1.165, 1.54) is 9.50 Å². The number of thiazole rings is 1. The third kappa shape index (κ3) is 3.70. The lowest BCUT2D eigenvalue weighted by Gasteiger charge is -2.31. The molecule has 0 saturated carbocycles. The second-order valence-corrected chi connectivity index (χ2v) is 8.72. The van der Waals surface area contributed by atoms with Crippen molar-refractivity contribution in [3.63, 3.8) is 0 Å². The molecule has 1 aliphatic rings. The van der Waals surface area contributed by atoms with E-state index in [1.54, 1.807) is 11.3 Å². The predicted molar refractivity (Wildman–Crippen MR) is 116 cm³/mol. The fourth-order valence-electron chi connectivity index (χ4n) is 3.93. The van der Waals surface area contributed by atoms with E-state index in [1.807, 2.05) is 54.3 Å². The number of carbonyl (C=O) groups is 1. The van der Waals surface area contributed by atoms with Crippen LogP contribution in [0.3, 0.4) is 0 Å². The molecule has 30 heavy (non-hydrogen) atoms. The highest BCUT2D eigenvalue weighted by Gasteiger charge is 2.27. The normalized spacial score (nSPS) is 16.8. The van der Waals surface area contributed by atoms with Crippen molar-refractivity contribution >= 4 is 27.5 Å². The molecule has 0 bridgehead atoms. The monoisotopic (exact) mass is 418 g/mol. The van der Waals surface area contributed by atoms with Gasteiger partial charge in [-0.2, -0.15) is 4.80 Å². The largest absolute Gasteiger partial charge is 0.340 e. The zero-order valence-electron chi connectivity index (χ0n) is 16.7. The molecule has 1 fully saturated rings. The first-order valence-corrected chi connectivity index (χ1v) is 11.0. The van der Waals surface area contributed by atoms with Crippen LogP contribution < -0.4 is 0 Å². The fraction of sp³-hybridized carbons (Fsp3) is 0.318. The summed E-state index contributed by atoms with van der Waals surface area (Å²) in [7, 11) is 0. The van der Waals surface area contributed by atoms with Gasteiger partial charge in [0.25, 0.3) is 0 Å². The summed E-state index contributed by atoms with van der Waals surface area (Å²) in [4.78, 5) is 21.0. The number of fused-ring (bicyclic) bond motifs is 1. The molecule has 152 valence electrons. The summed E-state index contributed by atoms with van der Waals surface area (Å²) in [6, 6.07) is 16.1. The average molecular weight is 419 g/mol. The third-order valence-corrected chi connectivity index (χ3v) is 6.75. The van der Waals surface area contributed by atoms with E-state index in [2.05, 4.69) is 21.5 Å². The molecule has 0 N–H and O–H groups in total. The van der Waals surface area contributed by atoms with E-state index < -0.39 is 0 Å². The van der Waals surface area contributed by atoms with Crippen molar-refractivity contribution < 1.29 is 4.79 Å². The molecule has 2 aromatic heterocycles. The van der Waals surface area contributed by atoms with Crippen LogP contribution in [0.1, 0.15) is 29.3 Å². The Balaban J connectivity index is 1.28. The molecule has 1 saturated heterocycles. The highest BCUT2D eigenvalue weighted by Crippen LogP contribution is 2.33. The van der Waals surface area contributed by atoms with Crippen LogP contribution >= 0.6 is 11.3 Å². The van der Waals surface area contributed by atoms with Gasteiger partial charge >= 0.3 is 0 Å². The third-order valence-electron chi connectivity index (χ3n) is 5.55. The first-order valence-electron chi connectivity index (χ1n) is 10.1. The smallest absolute Gasteiger partial charge is 0.246 e. The molecule has 0 unspecified atom stereocenters. The lowest BCUT2D eigenvalue weighted by Crippen LogP contribution is -2.41. The zero-order chi connectivity index (χ0) is 20.5. The van der Waals surface area contributed by atoms with Crippen LogP contribution in [0.15, 0.2) is 48.5 Å². The molecule has 0 aliphatic carbocycles. The van der Waals surface area contributed by atoms with Gasteiger partial charge in [-0.1, -0.05) is 36.4 Å². The minimum Gasteiger partial charge on any atom is -0.340 e.